The van der Waals surface area contributed by atoms with E-state index >= 15 is 0 Å². The monoisotopic (exact) mass is 297 g/mol. The van der Waals surface area contributed by atoms with Gasteiger partial charge in [-0.15, -0.1) is 0 Å². The van der Waals surface area contributed by atoms with Crippen LogP contribution in [0, 0.1) is 5.92 Å². The van der Waals surface area contributed by atoms with Gasteiger partial charge in [0.05, 0.1) is 0 Å². The molecule has 0 spiro atoms. The van der Waals surface area contributed by atoms with Gasteiger partial charge in [-0.1, -0.05) is 49.6 Å². The van der Waals surface area contributed by atoms with Crippen LogP contribution in [-0.4, -0.2) is 11.8 Å². The molecule has 0 amide bonds. The molecule has 0 bridgehead atoms. The highest BCUT2D eigenvalue weighted by atomic mass is 35.5. The quantitative estimate of drug-likeness (QED) is 0.796. The molecule has 19 heavy (non-hydrogen) atoms. The summed E-state index contributed by atoms with van der Waals surface area (Å²) < 4.78 is 0. The first kappa shape index (κ1) is 15.2. The van der Waals surface area contributed by atoms with Gasteiger partial charge in [-0.05, 0) is 42.6 Å². The summed E-state index contributed by atoms with van der Waals surface area (Å²) in [5.74, 6) is 2.11. The van der Waals surface area contributed by atoms with Gasteiger partial charge in [-0.2, -0.15) is 11.8 Å². The van der Waals surface area contributed by atoms with E-state index in [1.165, 1.54) is 37.0 Å². The highest BCUT2D eigenvalue weighted by molar-refractivity contribution is 7.99. The molecule has 2 N–H and O–H groups in total. The van der Waals surface area contributed by atoms with E-state index in [0.29, 0.717) is 5.25 Å². The van der Waals surface area contributed by atoms with Crippen molar-refractivity contribution in [1.29, 1.82) is 0 Å². The maximum atomic E-state index is 6.35. The van der Waals surface area contributed by atoms with Crippen molar-refractivity contribution in [1.82, 2.24) is 0 Å². The van der Waals surface area contributed by atoms with Gasteiger partial charge >= 0.3 is 0 Å². The highest BCUT2D eigenvalue weighted by Gasteiger charge is 2.24. The lowest BCUT2D eigenvalue weighted by Gasteiger charge is -2.25. The SMILES string of the molecule is CCC(N)C(SCC1CCCC1)c1ccccc1Cl. The molecule has 2 atom stereocenters. The molecule has 1 aliphatic carbocycles. The summed E-state index contributed by atoms with van der Waals surface area (Å²) in [7, 11) is 0. The van der Waals surface area contributed by atoms with Crippen LogP contribution in [0.15, 0.2) is 24.3 Å². The highest BCUT2D eigenvalue weighted by Crippen LogP contribution is 2.39. The smallest absolute Gasteiger partial charge is 0.0463 e. The van der Waals surface area contributed by atoms with Crippen LogP contribution >= 0.6 is 23.4 Å². The lowest BCUT2D eigenvalue weighted by Crippen LogP contribution is -2.26. The van der Waals surface area contributed by atoms with Gasteiger partial charge in [0.2, 0.25) is 0 Å². The first-order valence-electron chi connectivity index (χ1n) is 7.34. The fourth-order valence-electron chi connectivity index (χ4n) is 2.78. The molecule has 0 heterocycles. The van der Waals surface area contributed by atoms with Crippen LogP contribution < -0.4 is 5.73 Å². The zero-order valence-corrected chi connectivity index (χ0v) is 13.2. The lowest BCUT2D eigenvalue weighted by molar-refractivity contribution is 0.607. The minimum absolute atomic E-state index is 0.186. The number of rotatable bonds is 6. The van der Waals surface area contributed by atoms with Gasteiger partial charge < -0.3 is 5.73 Å². The maximum Gasteiger partial charge on any atom is 0.0463 e. The minimum atomic E-state index is 0.186. The van der Waals surface area contributed by atoms with Crippen molar-refractivity contribution >= 4 is 23.4 Å². The standard InChI is InChI=1S/C16H24ClNS/c1-2-15(18)16(13-9-5-6-10-14(13)17)19-11-12-7-3-4-8-12/h5-6,9-10,12,15-16H,2-4,7-8,11,18H2,1H3. The second-order valence-corrected chi connectivity index (χ2v) is 7.08. The number of hydrogen-bond donors (Lipinski definition) is 1. The molecule has 1 saturated carbocycles. The molecule has 1 aliphatic rings. The number of hydrogen-bond acceptors (Lipinski definition) is 2. The Kier molecular flexibility index (Phi) is 6.06. The molecular formula is C16H24ClNS. The van der Waals surface area contributed by atoms with Crippen LogP contribution in [0.1, 0.15) is 49.8 Å². The molecule has 1 aromatic rings. The Bertz CT molecular complexity index is 390. The van der Waals surface area contributed by atoms with Crippen LogP contribution in [-0.2, 0) is 0 Å². The molecule has 2 unspecified atom stereocenters. The molecule has 1 aromatic carbocycles. The van der Waals surface area contributed by atoms with Crippen LogP contribution in [0.3, 0.4) is 0 Å². The third-order valence-electron chi connectivity index (χ3n) is 4.06. The minimum Gasteiger partial charge on any atom is -0.326 e. The summed E-state index contributed by atoms with van der Waals surface area (Å²) in [5.41, 5.74) is 7.53. The van der Waals surface area contributed by atoms with E-state index in [4.69, 9.17) is 17.3 Å². The summed E-state index contributed by atoms with van der Waals surface area (Å²) in [4.78, 5) is 0. The van der Waals surface area contributed by atoms with Gasteiger partial charge in [0.1, 0.15) is 0 Å². The largest absolute Gasteiger partial charge is 0.326 e. The molecule has 2 rings (SSSR count). The Morgan fingerprint density at radius 3 is 2.63 bits per heavy atom. The van der Waals surface area contributed by atoms with Crippen molar-refractivity contribution < 1.29 is 0 Å². The first-order valence-corrected chi connectivity index (χ1v) is 8.76. The summed E-state index contributed by atoms with van der Waals surface area (Å²) in [5, 5.41) is 1.19. The van der Waals surface area contributed by atoms with Crippen molar-refractivity contribution in [3.8, 4) is 0 Å². The topological polar surface area (TPSA) is 26.0 Å². The van der Waals surface area contributed by atoms with Gasteiger partial charge in [0, 0.05) is 16.3 Å². The fraction of sp³-hybridized carbons (Fsp3) is 0.625. The van der Waals surface area contributed by atoms with E-state index in [1.54, 1.807) is 0 Å². The maximum absolute atomic E-state index is 6.35. The van der Waals surface area contributed by atoms with E-state index < -0.39 is 0 Å². The first-order chi connectivity index (χ1) is 9.22. The third-order valence-corrected chi connectivity index (χ3v) is 6.03. The van der Waals surface area contributed by atoms with Crippen molar-refractivity contribution in [3.05, 3.63) is 34.9 Å². The molecule has 0 radical (unpaired) electrons. The van der Waals surface area contributed by atoms with Crippen molar-refractivity contribution in [2.24, 2.45) is 11.7 Å². The molecule has 0 aliphatic heterocycles. The Labute approximate surface area is 126 Å². The van der Waals surface area contributed by atoms with Gasteiger partial charge in [0.15, 0.2) is 0 Å². The summed E-state index contributed by atoms with van der Waals surface area (Å²) in [6.07, 6.45) is 6.59. The zero-order valence-electron chi connectivity index (χ0n) is 11.6. The average Bonchev–Trinajstić information content (AvgIpc) is 2.93. The van der Waals surface area contributed by atoms with E-state index in [0.717, 1.165) is 17.4 Å². The summed E-state index contributed by atoms with van der Waals surface area (Å²) in [6.45, 7) is 2.16. The van der Waals surface area contributed by atoms with Crippen LogP contribution in [0.25, 0.3) is 0 Å². The van der Waals surface area contributed by atoms with Crippen molar-refractivity contribution in [2.45, 2.75) is 50.3 Å². The molecule has 1 fully saturated rings. The Hall–Kier alpha value is -0.180. The normalized spacial score (nSPS) is 19.5. The predicted octanol–water partition coefficient (Wildman–Crippen LogP) is 5.04. The van der Waals surface area contributed by atoms with Crippen molar-refractivity contribution in [2.75, 3.05) is 5.75 Å². The van der Waals surface area contributed by atoms with Crippen LogP contribution in [0.5, 0.6) is 0 Å². The van der Waals surface area contributed by atoms with Crippen LogP contribution in [0.4, 0.5) is 0 Å². The Morgan fingerprint density at radius 1 is 1.32 bits per heavy atom. The molecule has 3 heteroatoms. The average molecular weight is 298 g/mol. The Balaban J connectivity index is 2.05. The number of thioether (sulfide) groups is 1. The van der Waals surface area contributed by atoms with E-state index in [1.807, 2.05) is 23.9 Å². The lowest BCUT2D eigenvalue weighted by atomic mass is 10.0. The molecular weight excluding hydrogens is 274 g/mol. The summed E-state index contributed by atoms with van der Waals surface area (Å²) >= 11 is 8.36. The van der Waals surface area contributed by atoms with E-state index in [-0.39, 0.29) is 6.04 Å². The second kappa shape index (κ2) is 7.56. The van der Waals surface area contributed by atoms with Gasteiger partial charge in [-0.25, -0.2) is 0 Å². The number of benzene rings is 1. The molecule has 106 valence electrons. The Morgan fingerprint density at radius 2 is 2.00 bits per heavy atom. The molecule has 0 saturated heterocycles. The van der Waals surface area contributed by atoms with Crippen LogP contribution in [0.2, 0.25) is 5.02 Å². The van der Waals surface area contributed by atoms with Crippen molar-refractivity contribution in [3.63, 3.8) is 0 Å². The van der Waals surface area contributed by atoms with E-state index in [2.05, 4.69) is 19.1 Å². The zero-order chi connectivity index (χ0) is 13.7. The molecule has 1 nitrogen and oxygen atoms in total. The molecule has 0 aromatic heterocycles. The third kappa shape index (κ3) is 4.14. The predicted molar refractivity (Wildman–Crippen MR) is 86.9 cm³/mol. The number of halogens is 1. The van der Waals surface area contributed by atoms with E-state index in [9.17, 15) is 0 Å². The second-order valence-electron chi connectivity index (χ2n) is 5.50. The summed E-state index contributed by atoms with van der Waals surface area (Å²) in [6, 6.07) is 8.34. The van der Waals surface area contributed by atoms with Gasteiger partial charge in [0.25, 0.3) is 0 Å². The fourth-order valence-corrected chi connectivity index (χ4v) is 4.74. The number of nitrogens with two attached hydrogens (primary N) is 1. The van der Waals surface area contributed by atoms with Gasteiger partial charge in [-0.3, -0.25) is 0 Å².